The molecule has 0 fully saturated rings. The smallest absolute Gasteiger partial charge is 0.291 e. The number of nitrogens with zero attached hydrogens (tertiary/aromatic N) is 3. The predicted molar refractivity (Wildman–Crippen MR) is 68.7 cm³/mol. The van der Waals surface area contributed by atoms with Crippen molar-refractivity contribution in [1.29, 1.82) is 5.26 Å². The second kappa shape index (κ2) is 4.72. The second-order valence-corrected chi connectivity index (χ2v) is 3.74. The van der Waals surface area contributed by atoms with Gasteiger partial charge in [-0.3, -0.25) is 4.79 Å². The maximum atomic E-state index is 11.8. The number of anilines is 1. The molecule has 2 rings (SSSR count). The highest BCUT2D eigenvalue weighted by Gasteiger charge is 2.15. The third kappa shape index (κ3) is 1.84. The molecule has 0 radical (unpaired) electrons. The largest absolute Gasteiger partial charge is 0.393 e. The minimum atomic E-state index is -0.422. The molecule has 0 aliphatic carbocycles. The lowest BCUT2D eigenvalue weighted by molar-refractivity contribution is 0.620. The summed E-state index contributed by atoms with van der Waals surface area (Å²) in [5, 5.41) is 13.3. The van der Waals surface area contributed by atoms with Crippen LogP contribution in [0.4, 0.5) is 5.69 Å². The summed E-state index contributed by atoms with van der Waals surface area (Å²) in [4.78, 5) is 11.8. The molecule has 2 aromatic rings. The first-order valence-electron chi connectivity index (χ1n) is 5.55. The zero-order valence-corrected chi connectivity index (χ0v) is 9.92. The van der Waals surface area contributed by atoms with Crippen LogP contribution < -0.4 is 11.3 Å². The number of aromatic nitrogens is 2. The van der Waals surface area contributed by atoms with E-state index >= 15 is 0 Å². The first kappa shape index (κ1) is 11.9. The fourth-order valence-electron chi connectivity index (χ4n) is 1.72. The van der Waals surface area contributed by atoms with E-state index in [9.17, 15) is 4.79 Å². The minimum absolute atomic E-state index is 0.0480. The molecule has 0 spiro atoms. The Balaban J connectivity index is 2.79. The van der Waals surface area contributed by atoms with Crippen LogP contribution in [-0.4, -0.2) is 9.78 Å². The van der Waals surface area contributed by atoms with Gasteiger partial charge in [0.15, 0.2) is 0 Å². The van der Waals surface area contributed by atoms with Crippen LogP contribution in [0, 0.1) is 11.3 Å². The summed E-state index contributed by atoms with van der Waals surface area (Å²) < 4.78 is 1.26. The Hall–Kier alpha value is -2.61. The van der Waals surface area contributed by atoms with Crippen molar-refractivity contribution in [3.63, 3.8) is 0 Å². The monoisotopic (exact) mass is 240 g/mol. The summed E-state index contributed by atoms with van der Waals surface area (Å²) in [5.41, 5.74) is 6.58. The van der Waals surface area contributed by atoms with E-state index in [1.165, 1.54) is 4.68 Å². The van der Waals surface area contributed by atoms with Crippen molar-refractivity contribution in [1.82, 2.24) is 9.78 Å². The molecular formula is C13H12N4O. The molecule has 1 aromatic carbocycles. The van der Waals surface area contributed by atoms with Crippen molar-refractivity contribution in [2.24, 2.45) is 0 Å². The lowest BCUT2D eigenvalue weighted by atomic mass is 10.1. The Morgan fingerprint density at radius 1 is 1.39 bits per heavy atom. The molecular weight excluding hydrogens is 228 g/mol. The van der Waals surface area contributed by atoms with Gasteiger partial charge in [0.1, 0.15) is 23.0 Å². The molecule has 2 N–H and O–H groups in total. The normalized spacial score (nSPS) is 10.0. The quantitative estimate of drug-likeness (QED) is 0.859. The van der Waals surface area contributed by atoms with Crippen LogP contribution in [0.3, 0.4) is 0 Å². The average molecular weight is 240 g/mol. The Kier molecular flexibility index (Phi) is 3.11. The lowest BCUT2D eigenvalue weighted by Gasteiger charge is -2.09. The van der Waals surface area contributed by atoms with Crippen molar-refractivity contribution in [3.8, 4) is 17.3 Å². The van der Waals surface area contributed by atoms with Gasteiger partial charge in [-0.15, -0.1) is 0 Å². The van der Waals surface area contributed by atoms with Crippen molar-refractivity contribution in [3.05, 3.63) is 46.2 Å². The number of hydrogen-bond donors (Lipinski definition) is 1. The maximum Gasteiger partial charge on any atom is 0.291 e. The van der Waals surface area contributed by atoms with Gasteiger partial charge in [0, 0.05) is 12.1 Å². The summed E-state index contributed by atoms with van der Waals surface area (Å²) >= 11 is 0. The highest BCUT2D eigenvalue weighted by Crippen LogP contribution is 2.22. The van der Waals surface area contributed by atoms with E-state index in [1.54, 1.807) is 6.92 Å². The first-order valence-corrected chi connectivity index (χ1v) is 5.55. The number of aryl methyl sites for hydroxylation is 1. The number of benzene rings is 1. The Bertz CT molecular complexity index is 668. The van der Waals surface area contributed by atoms with Gasteiger partial charge in [-0.25, -0.2) is 4.68 Å². The number of nitriles is 1. The molecule has 18 heavy (non-hydrogen) atoms. The van der Waals surface area contributed by atoms with E-state index in [1.807, 2.05) is 36.4 Å². The van der Waals surface area contributed by atoms with Gasteiger partial charge in [-0.05, 0) is 6.92 Å². The molecule has 0 saturated carbocycles. The zero-order valence-electron chi connectivity index (χ0n) is 9.92. The molecule has 0 aliphatic heterocycles. The summed E-state index contributed by atoms with van der Waals surface area (Å²) in [6.07, 6.45) is 0. The van der Waals surface area contributed by atoms with Gasteiger partial charge in [0.05, 0.1) is 0 Å². The van der Waals surface area contributed by atoms with Crippen LogP contribution in [0.15, 0.2) is 35.1 Å². The molecule has 0 saturated heterocycles. The molecule has 1 heterocycles. The molecule has 5 heteroatoms. The fourth-order valence-corrected chi connectivity index (χ4v) is 1.72. The molecule has 0 bridgehead atoms. The predicted octanol–water partition coefficient (Wildman–Crippen LogP) is 1.38. The summed E-state index contributed by atoms with van der Waals surface area (Å²) in [7, 11) is 0. The number of nitrogens with two attached hydrogens (primary N) is 1. The Morgan fingerprint density at radius 2 is 2.06 bits per heavy atom. The first-order chi connectivity index (χ1) is 8.69. The highest BCUT2D eigenvalue weighted by molar-refractivity contribution is 5.72. The fraction of sp³-hybridized carbons (Fsp3) is 0.154. The zero-order chi connectivity index (χ0) is 13.1. The lowest BCUT2D eigenvalue weighted by Crippen LogP contribution is -2.26. The van der Waals surface area contributed by atoms with Crippen molar-refractivity contribution < 1.29 is 0 Å². The third-order valence-electron chi connectivity index (χ3n) is 2.65. The van der Waals surface area contributed by atoms with Crippen molar-refractivity contribution in [2.45, 2.75) is 13.5 Å². The van der Waals surface area contributed by atoms with Gasteiger partial charge in [-0.2, -0.15) is 10.4 Å². The second-order valence-electron chi connectivity index (χ2n) is 3.74. The van der Waals surface area contributed by atoms with Crippen LogP contribution in [0.2, 0.25) is 0 Å². The number of hydrogen-bond acceptors (Lipinski definition) is 4. The van der Waals surface area contributed by atoms with Gasteiger partial charge < -0.3 is 5.73 Å². The molecule has 0 atom stereocenters. The van der Waals surface area contributed by atoms with Crippen LogP contribution in [-0.2, 0) is 6.54 Å². The number of rotatable bonds is 2. The van der Waals surface area contributed by atoms with E-state index < -0.39 is 5.56 Å². The van der Waals surface area contributed by atoms with E-state index in [0.717, 1.165) is 5.56 Å². The van der Waals surface area contributed by atoms with E-state index in [-0.39, 0.29) is 11.3 Å². The van der Waals surface area contributed by atoms with Crippen LogP contribution in [0.25, 0.3) is 11.3 Å². The molecule has 0 amide bonds. The van der Waals surface area contributed by atoms with Crippen LogP contribution in [0.5, 0.6) is 0 Å². The molecule has 1 aromatic heterocycles. The maximum absolute atomic E-state index is 11.8. The topological polar surface area (TPSA) is 84.7 Å². The van der Waals surface area contributed by atoms with Crippen molar-refractivity contribution in [2.75, 3.05) is 5.73 Å². The number of nitrogen functional groups attached to an aromatic ring is 1. The Morgan fingerprint density at radius 3 is 2.61 bits per heavy atom. The standard InChI is InChI=1S/C13H12N4O/c1-2-17-13(18)11(15)10(8-14)12(16-17)9-6-4-3-5-7-9/h3-7H,2,15H2,1H3. The van der Waals surface area contributed by atoms with Gasteiger partial charge in [-0.1, -0.05) is 30.3 Å². The summed E-state index contributed by atoms with van der Waals surface area (Å²) in [6, 6.07) is 11.2. The van der Waals surface area contributed by atoms with Crippen molar-refractivity contribution >= 4 is 5.69 Å². The molecule has 0 unspecified atom stereocenters. The average Bonchev–Trinajstić information content (AvgIpc) is 2.42. The minimum Gasteiger partial charge on any atom is -0.393 e. The molecule has 90 valence electrons. The molecule has 5 nitrogen and oxygen atoms in total. The van der Waals surface area contributed by atoms with E-state index in [2.05, 4.69) is 5.10 Å². The van der Waals surface area contributed by atoms with Crippen LogP contribution >= 0.6 is 0 Å². The van der Waals surface area contributed by atoms with Crippen LogP contribution in [0.1, 0.15) is 12.5 Å². The van der Waals surface area contributed by atoms with E-state index in [0.29, 0.717) is 12.2 Å². The highest BCUT2D eigenvalue weighted by atomic mass is 16.1. The Labute approximate surface area is 104 Å². The summed E-state index contributed by atoms with van der Waals surface area (Å²) in [5.74, 6) is 0. The van der Waals surface area contributed by atoms with Gasteiger partial charge >= 0.3 is 0 Å². The van der Waals surface area contributed by atoms with Gasteiger partial charge in [0.25, 0.3) is 5.56 Å². The summed E-state index contributed by atoms with van der Waals surface area (Å²) in [6.45, 7) is 2.21. The van der Waals surface area contributed by atoms with Gasteiger partial charge in [0.2, 0.25) is 0 Å². The third-order valence-corrected chi connectivity index (χ3v) is 2.65. The SMILES string of the molecule is CCn1nc(-c2ccccc2)c(C#N)c(N)c1=O. The molecule has 0 aliphatic rings. The van der Waals surface area contributed by atoms with E-state index in [4.69, 9.17) is 11.0 Å².